The van der Waals surface area contributed by atoms with Crippen molar-refractivity contribution in [2.75, 3.05) is 6.54 Å². The van der Waals surface area contributed by atoms with E-state index in [0.717, 1.165) is 31.4 Å². The van der Waals surface area contributed by atoms with Crippen LogP contribution in [-0.4, -0.2) is 28.4 Å². The SMILES string of the molecule is CC1CCCCN1C(=O)CCc1cccnc1. The smallest absolute Gasteiger partial charge is 0.223 e. The summed E-state index contributed by atoms with van der Waals surface area (Å²) in [7, 11) is 0. The molecule has 0 radical (unpaired) electrons. The van der Waals surface area contributed by atoms with Crippen LogP contribution in [-0.2, 0) is 11.2 Å². The lowest BCUT2D eigenvalue weighted by Crippen LogP contribution is -2.42. The molecule has 3 nitrogen and oxygen atoms in total. The van der Waals surface area contributed by atoms with E-state index < -0.39 is 0 Å². The molecule has 1 aliphatic heterocycles. The number of pyridine rings is 1. The van der Waals surface area contributed by atoms with E-state index >= 15 is 0 Å². The zero-order valence-electron chi connectivity index (χ0n) is 10.4. The van der Waals surface area contributed by atoms with Gasteiger partial charge in [0.2, 0.25) is 5.91 Å². The van der Waals surface area contributed by atoms with E-state index in [1.54, 1.807) is 6.20 Å². The molecule has 1 aromatic rings. The molecule has 0 spiro atoms. The van der Waals surface area contributed by atoms with Crippen molar-refractivity contribution >= 4 is 5.91 Å². The van der Waals surface area contributed by atoms with E-state index in [1.165, 1.54) is 6.42 Å². The minimum atomic E-state index is 0.293. The Morgan fingerprint density at radius 2 is 2.41 bits per heavy atom. The molecule has 0 saturated carbocycles. The first kappa shape index (κ1) is 12.1. The van der Waals surface area contributed by atoms with Gasteiger partial charge < -0.3 is 4.90 Å². The molecular formula is C14H20N2O. The average molecular weight is 232 g/mol. The van der Waals surface area contributed by atoms with Gasteiger partial charge in [-0.3, -0.25) is 9.78 Å². The Bertz CT molecular complexity index is 364. The third kappa shape index (κ3) is 3.29. The second-order valence-electron chi connectivity index (χ2n) is 4.79. The van der Waals surface area contributed by atoms with Gasteiger partial charge in [-0.05, 0) is 44.2 Å². The van der Waals surface area contributed by atoms with Crippen molar-refractivity contribution in [1.82, 2.24) is 9.88 Å². The van der Waals surface area contributed by atoms with Gasteiger partial charge in [0.15, 0.2) is 0 Å². The highest BCUT2D eigenvalue weighted by molar-refractivity contribution is 5.76. The minimum Gasteiger partial charge on any atom is -0.340 e. The lowest BCUT2D eigenvalue weighted by molar-refractivity contribution is -0.134. The van der Waals surface area contributed by atoms with Crippen molar-refractivity contribution in [1.29, 1.82) is 0 Å². The van der Waals surface area contributed by atoms with Gasteiger partial charge in [0.05, 0.1) is 0 Å². The molecule has 0 aliphatic carbocycles. The number of carbonyl (C=O) groups excluding carboxylic acids is 1. The van der Waals surface area contributed by atoms with Gasteiger partial charge in [-0.2, -0.15) is 0 Å². The molecule has 1 fully saturated rings. The van der Waals surface area contributed by atoms with Crippen molar-refractivity contribution < 1.29 is 4.79 Å². The summed E-state index contributed by atoms with van der Waals surface area (Å²) >= 11 is 0. The molecule has 3 heteroatoms. The molecule has 1 amide bonds. The maximum atomic E-state index is 12.1. The van der Waals surface area contributed by atoms with Crippen LogP contribution in [0.4, 0.5) is 0 Å². The minimum absolute atomic E-state index is 0.293. The summed E-state index contributed by atoms with van der Waals surface area (Å²) in [6.07, 6.45) is 8.58. The highest BCUT2D eigenvalue weighted by Gasteiger charge is 2.22. The molecular weight excluding hydrogens is 212 g/mol. The molecule has 0 aromatic carbocycles. The predicted octanol–water partition coefficient (Wildman–Crippen LogP) is 2.42. The standard InChI is InChI=1S/C14H20N2O/c1-12-5-2-3-10-16(12)14(17)8-7-13-6-4-9-15-11-13/h4,6,9,11-12H,2-3,5,7-8,10H2,1H3. The van der Waals surface area contributed by atoms with Crippen molar-refractivity contribution in [3.63, 3.8) is 0 Å². The molecule has 0 N–H and O–H groups in total. The number of rotatable bonds is 3. The van der Waals surface area contributed by atoms with Crippen molar-refractivity contribution in [3.8, 4) is 0 Å². The zero-order valence-corrected chi connectivity index (χ0v) is 10.4. The first-order chi connectivity index (χ1) is 8.27. The Balaban J connectivity index is 1.84. The molecule has 1 atom stereocenters. The molecule has 92 valence electrons. The summed E-state index contributed by atoms with van der Waals surface area (Å²) in [5, 5.41) is 0. The first-order valence-electron chi connectivity index (χ1n) is 6.46. The number of hydrogen-bond donors (Lipinski definition) is 0. The Kier molecular flexibility index (Phi) is 4.13. The van der Waals surface area contributed by atoms with Crippen LogP contribution in [0.25, 0.3) is 0 Å². The number of likely N-dealkylation sites (tertiary alicyclic amines) is 1. The van der Waals surface area contributed by atoms with Gasteiger partial charge >= 0.3 is 0 Å². The van der Waals surface area contributed by atoms with Crippen LogP contribution in [0, 0.1) is 0 Å². The maximum absolute atomic E-state index is 12.1. The second-order valence-corrected chi connectivity index (χ2v) is 4.79. The normalized spacial score (nSPS) is 20.3. The van der Waals surface area contributed by atoms with Crippen molar-refractivity contribution in [3.05, 3.63) is 30.1 Å². The quantitative estimate of drug-likeness (QED) is 0.802. The summed E-state index contributed by atoms with van der Waals surface area (Å²) in [6.45, 7) is 3.09. The van der Waals surface area contributed by atoms with E-state index in [2.05, 4.69) is 11.9 Å². The van der Waals surface area contributed by atoms with Crippen molar-refractivity contribution in [2.24, 2.45) is 0 Å². The van der Waals surface area contributed by atoms with Crippen LogP contribution >= 0.6 is 0 Å². The maximum Gasteiger partial charge on any atom is 0.223 e. The topological polar surface area (TPSA) is 33.2 Å². The number of amides is 1. The van der Waals surface area contributed by atoms with Gasteiger partial charge in [0, 0.05) is 31.4 Å². The Morgan fingerprint density at radius 3 is 3.12 bits per heavy atom. The summed E-state index contributed by atoms with van der Waals surface area (Å²) in [6, 6.07) is 4.37. The largest absolute Gasteiger partial charge is 0.340 e. The number of nitrogens with zero attached hydrogens (tertiary/aromatic N) is 2. The predicted molar refractivity (Wildman–Crippen MR) is 67.6 cm³/mol. The molecule has 0 bridgehead atoms. The van der Waals surface area contributed by atoms with Gasteiger partial charge in [0.25, 0.3) is 0 Å². The fourth-order valence-electron chi connectivity index (χ4n) is 2.41. The van der Waals surface area contributed by atoms with Crippen LogP contribution in [0.3, 0.4) is 0 Å². The number of piperidine rings is 1. The molecule has 1 aliphatic rings. The van der Waals surface area contributed by atoms with Crippen LogP contribution < -0.4 is 0 Å². The highest BCUT2D eigenvalue weighted by Crippen LogP contribution is 2.17. The third-order valence-electron chi connectivity index (χ3n) is 3.47. The summed E-state index contributed by atoms with van der Waals surface area (Å²) in [5.41, 5.74) is 1.14. The molecule has 1 saturated heterocycles. The van der Waals surface area contributed by atoms with Crippen molar-refractivity contribution in [2.45, 2.75) is 45.1 Å². The third-order valence-corrected chi connectivity index (χ3v) is 3.47. The molecule has 2 rings (SSSR count). The highest BCUT2D eigenvalue weighted by atomic mass is 16.2. The van der Waals surface area contributed by atoms with Gasteiger partial charge in [-0.1, -0.05) is 6.07 Å². The number of carbonyl (C=O) groups is 1. The number of hydrogen-bond acceptors (Lipinski definition) is 2. The Labute approximate surface area is 103 Å². The molecule has 2 heterocycles. The lowest BCUT2D eigenvalue weighted by atomic mass is 10.0. The van der Waals surface area contributed by atoms with Crippen LogP contribution in [0.1, 0.15) is 38.2 Å². The number of aryl methyl sites for hydroxylation is 1. The van der Waals surface area contributed by atoms with E-state index in [1.807, 2.05) is 23.2 Å². The zero-order chi connectivity index (χ0) is 12.1. The fourth-order valence-corrected chi connectivity index (χ4v) is 2.41. The van der Waals surface area contributed by atoms with E-state index in [4.69, 9.17) is 0 Å². The number of aromatic nitrogens is 1. The summed E-state index contributed by atoms with van der Waals surface area (Å²) in [4.78, 5) is 18.2. The second kappa shape index (κ2) is 5.80. The van der Waals surface area contributed by atoms with Crippen LogP contribution in [0.15, 0.2) is 24.5 Å². The van der Waals surface area contributed by atoms with Gasteiger partial charge in [0.1, 0.15) is 0 Å². The monoisotopic (exact) mass is 232 g/mol. The van der Waals surface area contributed by atoms with E-state index in [9.17, 15) is 4.79 Å². The molecule has 1 unspecified atom stereocenters. The van der Waals surface area contributed by atoms with Gasteiger partial charge in [-0.15, -0.1) is 0 Å². The first-order valence-corrected chi connectivity index (χ1v) is 6.46. The molecule has 17 heavy (non-hydrogen) atoms. The Morgan fingerprint density at radius 1 is 1.53 bits per heavy atom. The lowest BCUT2D eigenvalue weighted by Gasteiger charge is -2.33. The van der Waals surface area contributed by atoms with Crippen LogP contribution in [0.2, 0.25) is 0 Å². The summed E-state index contributed by atoms with van der Waals surface area (Å²) in [5.74, 6) is 0.293. The Hall–Kier alpha value is -1.38. The van der Waals surface area contributed by atoms with Gasteiger partial charge in [-0.25, -0.2) is 0 Å². The average Bonchev–Trinajstić information content (AvgIpc) is 2.38. The summed E-state index contributed by atoms with van der Waals surface area (Å²) < 4.78 is 0. The molecule has 1 aromatic heterocycles. The fraction of sp³-hybridized carbons (Fsp3) is 0.571. The van der Waals surface area contributed by atoms with E-state index in [0.29, 0.717) is 18.4 Å². The van der Waals surface area contributed by atoms with Crippen LogP contribution in [0.5, 0.6) is 0 Å². The van der Waals surface area contributed by atoms with E-state index in [-0.39, 0.29) is 0 Å².